The molecule has 0 aliphatic rings. The van der Waals surface area contributed by atoms with E-state index < -0.39 is 22.0 Å². The molecule has 0 saturated carbocycles. The van der Waals surface area contributed by atoms with Gasteiger partial charge in [0.05, 0.1) is 19.1 Å². The van der Waals surface area contributed by atoms with E-state index in [0.29, 0.717) is 28.6 Å². The van der Waals surface area contributed by atoms with Gasteiger partial charge in [-0.3, -0.25) is 9.10 Å². The Morgan fingerprint density at radius 2 is 2.00 bits per heavy atom. The first-order valence-corrected chi connectivity index (χ1v) is 12.4. The smallest absolute Gasteiger partial charge is 0.243 e. The highest BCUT2D eigenvalue weighted by Gasteiger charge is 2.31. The highest BCUT2D eigenvalue weighted by molar-refractivity contribution is 7.98. The van der Waals surface area contributed by atoms with Crippen molar-refractivity contribution < 1.29 is 22.3 Å². The largest absolute Gasteiger partial charge is 0.495 e. The summed E-state index contributed by atoms with van der Waals surface area (Å²) in [5, 5.41) is 3.04. The van der Waals surface area contributed by atoms with Crippen LogP contribution in [-0.4, -0.2) is 46.0 Å². The summed E-state index contributed by atoms with van der Waals surface area (Å²) in [4.78, 5) is 12.6. The SMILES string of the molecule is COc1ccc(Cl)cc1N(C(C)C(=O)NCCSCc1ccccc1F)S(C)(=O)=O. The van der Waals surface area contributed by atoms with Crippen LogP contribution in [0.5, 0.6) is 5.75 Å². The number of thioether (sulfide) groups is 1. The van der Waals surface area contributed by atoms with Crippen molar-refractivity contribution in [2.45, 2.75) is 18.7 Å². The number of nitrogens with zero attached hydrogens (tertiary/aromatic N) is 1. The Kier molecular flexibility index (Phi) is 8.81. The summed E-state index contributed by atoms with van der Waals surface area (Å²) in [6.07, 6.45) is 1.02. The average Bonchev–Trinajstić information content (AvgIpc) is 2.68. The molecule has 0 spiro atoms. The molecule has 0 aliphatic carbocycles. The van der Waals surface area contributed by atoms with E-state index in [1.165, 1.54) is 37.9 Å². The molecule has 0 bridgehead atoms. The lowest BCUT2D eigenvalue weighted by Crippen LogP contribution is -2.48. The van der Waals surface area contributed by atoms with Crippen molar-refractivity contribution >= 4 is 45.0 Å². The highest BCUT2D eigenvalue weighted by Crippen LogP contribution is 2.34. The molecule has 2 rings (SSSR count). The van der Waals surface area contributed by atoms with Gasteiger partial charge in [-0.1, -0.05) is 29.8 Å². The van der Waals surface area contributed by atoms with Crippen LogP contribution in [-0.2, 0) is 20.6 Å². The third-order valence-electron chi connectivity index (χ3n) is 4.23. The Bertz CT molecular complexity index is 989. The molecule has 1 atom stereocenters. The minimum absolute atomic E-state index is 0.184. The minimum atomic E-state index is -3.80. The van der Waals surface area contributed by atoms with Gasteiger partial charge in [-0.05, 0) is 36.8 Å². The molecule has 0 aromatic heterocycles. The lowest BCUT2D eigenvalue weighted by Gasteiger charge is -2.29. The Hall–Kier alpha value is -1.97. The molecule has 0 aliphatic heterocycles. The summed E-state index contributed by atoms with van der Waals surface area (Å²) >= 11 is 7.49. The number of sulfonamides is 1. The van der Waals surface area contributed by atoms with E-state index in [-0.39, 0.29) is 17.3 Å². The van der Waals surface area contributed by atoms with Gasteiger partial charge in [0.15, 0.2) is 0 Å². The third kappa shape index (κ3) is 6.52. The van der Waals surface area contributed by atoms with Gasteiger partial charge in [-0.25, -0.2) is 12.8 Å². The van der Waals surface area contributed by atoms with Crippen LogP contribution in [0.15, 0.2) is 42.5 Å². The highest BCUT2D eigenvalue weighted by atomic mass is 35.5. The van der Waals surface area contributed by atoms with Crippen LogP contribution in [0, 0.1) is 5.82 Å². The molecule has 0 radical (unpaired) electrons. The topological polar surface area (TPSA) is 75.7 Å². The van der Waals surface area contributed by atoms with Gasteiger partial charge in [0.2, 0.25) is 15.9 Å². The fourth-order valence-electron chi connectivity index (χ4n) is 2.81. The third-order valence-corrected chi connectivity index (χ3v) is 6.70. The fraction of sp³-hybridized carbons (Fsp3) is 0.350. The van der Waals surface area contributed by atoms with Gasteiger partial charge in [-0.15, -0.1) is 0 Å². The van der Waals surface area contributed by atoms with E-state index in [1.54, 1.807) is 30.3 Å². The predicted octanol–water partition coefficient (Wildman–Crippen LogP) is 3.69. The zero-order valence-electron chi connectivity index (χ0n) is 16.9. The summed E-state index contributed by atoms with van der Waals surface area (Å²) in [6.45, 7) is 1.80. The molecule has 1 N–H and O–H groups in total. The first kappa shape index (κ1) is 24.3. The Morgan fingerprint density at radius 1 is 1.30 bits per heavy atom. The second-order valence-corrected chi connectivity index (χ2v) is 9.89. The number of anilines is 1. The summed E-state index contributed by atoms with van der Waals surface area (Å²) < 4.78 is 44.7. The molecule has 2 aromatic rings. The second-order valence-electron chi connectivity index (χ2n) is 6.49. The van der Waals surface area contributed by atoms with Crippen molar-refractivity contribution in [3.63, 3.8) is 0 Å². The van der Waals surface area contributed by atoms with E-state index >= 15 is 0 Å². The Labute approximate surface area is 185 Å². The van der Waals surface area contributed by atoms with Crippen molar-refractivity contribution in [1.82, 2.24) is 5.32 Å². The van der Waals surface area contributed by atoms with E-state index in [1.807, 2.05) is 0 Å². The molecule has 1 amide bonds. The van der Waals surface area contributed by atoms with Gasteiger partial charge in [0.25, 0.3) is 0 Å². The maximum Gasteiger partial charge on any atom is 0.243 e. The van der Waals surface area contributed by atoms with Gasteiger partial charge in [0, 0.05) is 23.1 Å². The summed E-state index contributed by atoms with van der Waals surface area (Å²) in [7, 11) is -2.39. The first-order chi connectivity index (χ1) is 14.1. The standard InChI is InChI=1S/C20H24ClFN2O4S2/c1-14(20(25)23-10-11-29-13-15-6-4-5-7-17(15)22)24(30(3,26)27)18-12-16(21)8-9-19(18)28-2/h4-9,12,14H,10-11,13H2,1-3H3,(H,23,25). The minimum Gasteiger partial charge on any atom is -0.495 e. The molecule has 10 heteroatoms. The number of hydrogen-bond acceptors (Lipinski definition) is 5. The van der Waals surface area contributed by atoms with E-state index in [0.717, 1.165) is 10.6 Å². The molecule has 30 heavy (non-hydrogen) atoms. The number of carbonyl (C=O) groups is 1. The predicted molar refractivity (Wildman–Crippen MR) is 120 cm³/mol. The molecule has 2 aromatic carbocycles. The Morgan fingerprint density at radius 3 is 2.63 bits per heavy atom. The lowest BCUT2D eigenvalue weighted by atomic mass is 10.2. The van der Waals surface area contributed by atoms with Gasteiger partial charge >= 0.3 is 0 Å². The summed E-state index contributed by atoms with van der Waals surface area (Å²) in [6, 6.07) is 10.1. The van der Waals surface area contributed by atoms with Crippen LogP contribution in [0.25, 0.3) is 0 Å². The molecule has 0 fully saturated rings. The van der Waals surface area contributed by atoms with E-state index in [2.05, 4.69) is 5.32 Å². The molecular formula is C20H24ClFN2O4S2. The zero-order chi connectivity index (χ0) is 22.3. The molecule has 0 saturated heterocycles. The number of halogens is 2. The number of benzene rings is 2. The van der Waals surface area contributed by atoms with Crippen molar-refractivity contribution in [3.8, 4) is 5.75 Å². The zero-order valence-corrected chi connectivity index (χ0v) is 19.3. The number of hydrogen-bond donors (Lipinski definition) is 1. The number of ether oxygens (including phenoxy) is 1. The van der Waals surface area contributed by atoms with Crippen LogP contribution in [0.4, 0.5) is 10.1 Å². The molecule has 6 nitrogen and oxygen atoms in total. The van der Waals surface area contributed by atoms with Crippen LogP contribution in [0.1, 0.15) is 12.5 Å². The number of rotatable bonds is 10. The van der Waals surface area contributed by atoms with Crippen LogP contribution >= 0.6 is 23.4 Å². The van der Waals surface area contributed by atoms with E-state index in [4.69, 9.17) is 16.3 Å². The molecule has 0 heterocycles. The summed E-state index contributed by atoms with van der Waals surface area (Å²) in [5.41, 5.74) is 0.780. The van der Waals surface area contributed by atoms with Crippen LogP contribution in [0.3, 0.4) is 0 Å². The Balaban J connectivity index is 2.01. The van der Waals surface area contributed by atoms with Crippen molar-refractivity contribution in [1.29, 1.82) is 0 Å². The van der Waals surface area contributed by atoms with Crippen LogP contribution in [0.2, 0.25) is 5.02 Å². The molecule has 1 unspecified atom stereocenters. The first-order valence-electron chi connectivity index (χ1n) is 9.07. The number of methoxy groups -OCH3 is 1. The molecular weight excluding hydrogens is 451 g/mol. The second kappa shape index (κ2) is 10.9. The van der Waals surface area contributed by atoms with Gasteiger partial charge in [-0.2, -0.15) is 11.8 Å². The maximum atomic E-state index is 13.6. The average molecular weight is 475 g/mol. The van der Waals surface area contributed by atoms with E-state index in [9.17, 15) is 17.6 Å². The van der Waals surface area contributed by atoms with Crippen molar-refractivity contribution in [2.24, 2.45) is 0 Å². The van der Waals surface area contributed by atoms with Crippen molar-refractivity contribution in [2.75, 3.05) is 30.0 Å². The maximum absolute atomic E-state index is 13.6. The lowest BCUT2D eigenvalue weighted by molar-refractivity contribution is -0.121. The quantitative estimate of drug-likeness (QED) is 0.531. The van der Waals surface area contributed by atoms with Crippen molar-refractivity contribution in [3.05, 3.63) is 58.9 Å². The number of amides is 1. The number of carbonyl (C=O) groups excluding carboxylic acids is 1. The number of nitrogens with one attached hydrogen (secondary N) is 1. The fourth-order valence-corrected chi connectivity index (χ4v) is 4.99. The normalized spacial score (nSPS) is 12.3. The summed E-state index contributed by atoms with van der Waals surface area (Å²) in [5.74, 6) is 0.583. The van der Waals surface area contributed by atoms with Gasteiger partial charge < -0.3 is 10.1 Å². The van der Waals surface area contributed by atoms with Gasteiger partial charge in [0.1, 0.15) is 17.6 Å². The van der Waals surface area contributed by atoms with Crippen LogP contribution < -0.4 is 14.4 Å². The molecule has 164 valence electrons. The monoisotopic (exact) mass is 474 g/mol.